The quantitative estimate of drug-likeness (QED) is 0.528. The number of amides is 1. The van der Waals surface area contributed by atoms with E-state index < -0.39 is 18.1 Å². The van der Waals surface area contributed by atoms with E-state index in [1.54, 1.807) is 0 Å². The Labute approximate surface area is 69.6 Å². The normalized spacial score (nSPS) is 29.9. The number of rotatable bonds is 2. The first-order chi connectivity index (χ1) is 5.65. The van der Waals surface area contributed by atoms with Gasteiger partial charge in [0, 0.05) is 6.54 Å². The van der Waals surface area contributed by atoms with E-state index in [-0.39, 0.29) is 6.54 Å². The monoisotopic (exact) mass is 173 g/mol. The Hall–Kier alpha value is -1.10. The first kappa shape index (κ1) is 8.99. The van der Waals surface area contributed by atoms with E-state index in [1.165, 1.54) is 0 Å². The van der Waals surface area contributed by atoms with Crippen molar-refractivity contribution in [3.05, 3.63) is 0 Å². The molecule has 1 rings (SSSR count). The number of carboxylic acids is 1. The second-order valence-electron chi connectivity index (χ2n) is 2.89. The summed E-state index contributed by atoms with van der Waals surface area (Å²) in [5.41, 5.74) is 0. The Balaban J connectivity index is 2.62. The topological polar surface area (TPSA) is 77.8 Å². The number of nitrogens with zero attached hydrogens (tertiary/aromatic N) is 1. The van der Waals surface area contributed by atoms with Gasteiger partial charge in [0.15, 0.2) is 0 Å². The largest absolute Gasteiger partial charge is 0.480 e. The molecule has 1 aliphatic heterocycles. The van der Waals surface area contributed by atoms with Crippen LogP contribution in [0.15, 0.2) is 0 Å². The van der Waals surface area contributed by atoms with Crippen LogP contribution in [-0.4, -0.2) is 46.2 Å². The molecule has 0 saturated carbocycles. The van der Waals surface area contributed by atoms with Gasteiger partial charge in [0.25, 0.3) is 0 Å². The van der Waals surface area contributed by atoms with Crippen LogP contribution in [0.4, 0.5) is 0 Å². The maximum atomic E-state index is 10.5. The number of β-amino-alcohol motifs (C(OH)–C–C–N with tert-alkyl or cyclic N) is 1. The van der Waals surface area contributed by atoms with Gasteiger partial charge in [0.2, 0.25) is 6.41 Å². The van der Waals surface area contributed by atoms with Crippen molar-refractivity contribution in [2.45, 2.75) is 25.0 Å². The predicted octanol–water partition coefficient (Wildman–Crippen LogP) is -0.947. The lowest BCUT2D eigenvalue weighted by Gasteiger charge is -2.32. The summed E-state index contributed by atoms with van der Waals surface area (Å²) in [6, 6.07) is -0.758. The van der Waals surface area contributed by atoms with Crippen molar-refractivity contribution < 1.29 is 19.8 Å². The maximum absolute atomic E-state index is 10.5. The molecule has 1 heterocycles. The van der Waals surface area contributed by atoms with Crippen LogP contribution in [0.3, 0.4) is 0 Å². The van der Waals surface area contributed by atoms with Crippen LogP contribution in [0.25, 0.3) is 0 Å². The first-order valence-electron chi connectivity index (χ1n) is 3.77. The Morgan fingerprint density at radius 3 is 2.67 bits per heavy atom. The highest BCUT2D eigenvalue weighted by atomic mass is 16.4. The zero-order valence-corrected chi connectivity index (χ0v) is 6.51. The Morgan fingerprint density at radius 2 is 2.17 bits per heavy atom. The average molecular weight is 173 g/mol. The van der Waals surface area contributed by atoms with Crippen LogP contribution >= 0.6 is 0 Å². The number of hydrogen-bond donors (Lipinski definition) is 2. The van der Waals surface area contributed by atoms with Crippen LogP contribution in [0.1, 0.15) is 12.8 Å². The molecular weight excluding hydrogens is 162 g/mol. The Bertz CT molecular complexity index is 194. The Morgan fingerprint density at radius 1 is 1.50 bits per heavy atom. The van der Waals surface area contributed by atoms with E-state index in [0.29, 0.717) is 19.3 Å². The fourth-order valence-corrected chi connectivity index (χ4v) is 1.36. The lowest BCUT2D eigenvalue weighted by molar-refractivity contribution is -0.149. The minimum absolute atomic E-state index is 0.125. The van der Waals surface area contributed by atoms with Gasteiger partial charge in [-0.2, -0.15) is 0 Å². The Kier molecular flexibility index (Phi) is 2.65. The molecule has 68 valence electrons. The van der Waals surface area contributed by atoms with Gasteiger partial charge in [0.05, 0.1) is 6.10 Å². The van der Waals surface area contributed by atoms with Crippen molar-refractivity contribution in [2.75, 3.05) is 6.54 Å². The van der Waals surface area contributed by atoms with Crippen molar-refractivity contribution in [3.63, 3.8) is 0 Å². The molecule has 1 saturated heterocycles. The van der Waals surface area contributed by atoms with Gasteiger partial charge >= 0.3 is 5.97 Å². The van der Waals surface area contributed by atoms with Crippen LogP contribution in [0, 0.1) is 0 Å². The second-order valence-corrected chi connectivity index (χ2v) is 2.89. The van der Waals surface area contributed by atoms with E-state index >= 15 is 0 Å². The van der Waals surface area contributed by atoms with Gasteiger partial charge in [-0.05, 0) is 12.8 Å². The van der Waals surface area contributed by atoms with E-state index in [4.69, 9.17) is 10.2 Å². The predicted molar refractivity (Wildman–Crippen MR) is 39.4 cm³/mol. The average Bonchev–Trinajstić information content (AvgIpc) is 2.03. The van der Waals surface area contributed by atoms with Gasteiger partial charge < -0.3 is 15.1 Å². The molecule has 1 aliphatic rings. The SMILES string of the molecule is O=CN1CC(O)CCC1C(=O)O. The summed E-state index contributed by atoms with van der Waals surface area (Å²) in [6.07, 6.45) is 0.670. The number of carbonyl (C=O) groups excluding carboxylic acids is 1. The number of likely N-dealkylation sites (tertiary alicyclic amines) is 1. The molecule has 0 aromatic rings. The highest BCUT2D eigenvalue weighted by Gasteiger charge is 2.30. The summed E-state index contributed by atoms with van der Waals surface area (Å²) in [5, 5.41) is 17.8. The number of aliphatic hydroxyl groups excluding tert-OH is 1. The van der Waals surface area contributed by atoms with Crippen molar-refractivity contribution in [2.24, 2.45) is 0 Å². The third-order valence-corrected chi connectivity index (χ3v) is 2.02. The minimum atomic E-state index is -1.01. The maximum Gasteiger partial charge on any atom is 0.326 e. The lowest BCUT2D eigenvalue weighted by atomic mass is 10.0. The highest BCUT2D eigenvalue weighted by molar-refractivity contribution is 5.76. The molecule has 0 aromatic carbocycles. The molecule has 0 aliphatic carbocycles. The minimum Gasteiger partial charge on any atom is -0.480 e. The van der Waals surface area contributed by atoms with Crippen molar-refractivity contribution in [1.82, 2.24) is 4.90 Å². The van der Waals surface area contributed by atoms with Crippen LogP contribution in [0.2, 0.25) is 0 Å². The smallest absolute Gasteiger partial charge is 0.326 e. The van der Waals surface area contributed by atoms with Crippen molar-refractivity contribution in [3.8, 4) is 0 Å². The van der Waals surface area contributed by atoms with E-state index in [0.717, 1.165) is 4.90 Å². The molecule has 1 fully saturated rings. The van der Waals surface area contributed by atoms with E-state index in [1.807, 2.05) is 0 Å². The van der Waals surface area contributed by atoms with Crippen LogP contribution in [-0.2, 0) is 9.59 Å². The lowest BCUT2D eigenvalue weighted by Crippen LogP contribution is -2.48. The van der Waals surface area contributed by atoms with Crippen molar-refractivity contribution in [1.29, 1.82) is 0 Å². The number of carboxylic acid groups (broad SMARTS) is 1. The summed E-state index contributed by atoms with van der Waals surface area (Å²) < 4.78 is 0. The molecule has 0 bridgehead atoms. The van der Waals surface area contributed by atoms with Gasteiger partial charge in [-0.15, -0.1) is 0 Å². The number of carbonyl (C=O) groups is 2. The molecule has 2 atom stereocenters. The molecule has 0 spiro atoms. The fourth-order valence-electron chi connectivity index (χ4n) is 1.36. The van der Waals surface area contributed by atoms with E-state index in [2.05, 4.69) is 0 Å². The molecular formula is C7H11NO4. The molecule has 12 heavy (non-hydrogen) atoms. The van der Waals surface area contributed by atoms with Crippen molar-refractivity contribution >= 4 is 12.4 Å². The first-order valence-corrected chi connectivity index (χ1v) is 3.77. The number of aliphatic hydroxyl groups is 1. The third kappa shape index (κ3) is 1.73. The molecule has 5 heteroatoms. The summed E-state index contributed by atoms with van der Waals surface area (Å²) in [6.45, 7) is 0.125. The number of piperidine rings is 1. The van der Waals surface area contributed by atoms with E-state index in [9.17, 15) is 9.59 Å². The molecule has 0 radical (unpaired) electrons. The standard InChI is InChI=1S/C7H11NO4/c9-4-8-3-5(10)1-2-6(8)7(11)12/h4-6,10H,1-3H2,(H,11,12). The third-order valence-electron chi connectivity index (χ3n) is 2.02. The molecule has 0 aromatic heterocycles. The zero-order valence-electron chi connectivity index (χ0n) is 6.51. The molecule has 5 nitrogen and oxygen atoms in total. The summed E-state index contributed by atoms with van der Waals surface area (Å²) in [4.78, 5) is 22.0. The molecule has 2 N–H and O–H groups in total. The van der Waals surface area contributed by atoms with Crippen LogP contribution < -0.4 is 0 Å². The number of hydrogen-bond acceptors (Lipinski definition) is 3. The van der Waals surface area contributed by atoms with Gasteiger partial charge in [-0.25, -0.2) is 4.79 Å². The highest BCUT2D eigenvalue weighted by Crippen LogP contribution is 2.15. The second kappa shape index (κ2) is 3.53. The summed E-state index contributed by atoms with van der Waals surface area (Å²) in [5.74, 6) is -1.01. The molecule has 2 unspecified atom stereocenters. The van der Waals surface area contributed by atoms with Crippen LogP contribution in [0.5, 0.6) is 0 Å². The van der Waals surface area contributed by atoms with Gasteiger partial charge in [0.1, 0.15) is 6.04 Å². The number of aliphatic carboxylic acids is 1. The summed E-state index contributed by atoms with van der Waals surface area (Å²) in [7, 11) is 0. The van der Waals surface area contributed by atoms with Gasteiger partial charge in [-0.1, -0.05) is 0 Å². The summed E-state index contributed by atoms with van der Waals surface area (Å²) >= 11 is 0. The molecule has 1 amide bonds. The van der Waals surface area contributed by atoms with Gasteiger partial charge in [-0.3, -0.25) is 4.79 Å². The fraction of sp³-hybridized carbons (Fsp3) is 0.714. The zero-order chi connectivity index (χ0) is 9.14.